The Hall–Kier alpha value is -2.46. The van der Waals surface area contributed by atoms with Gasteiger partial charge < -0.3 is 4.90 Å². The molecular weight excluding hydrogens is 304 g/mol. The fourth-order valence-electron chi connectivity index (χ4n) is 2.32. The summed E-state index contributed by atoms with van der Waals surface area (Å²) in [7, 11) is 1.81. The van der Waals surface area contributed by atoms with Crippen LogP contribution >= 0.6 is 11.3 Å². The molecule has 0 aliphatic carbocycles. The zero-order valence-electron chi connectivity index (χ0n) is 13.2. The van der Waals surface area contributed by atoms with E-state index in [9.17, 15) is 4.79 Å². The molecule has 0 unspecified atom stereocenters. The normalized spacial score (nSPS) is 10.5. The summed E-state index contributed by atoms with van der Waals surface area (Å²) in [6.07, 6.45) is 0. The molecule has 1 aromatic heterocycles. The predicted octanol–water partition coefficient (Wildman–Crippen LogP) is 4.39. The first-order valence-corrected chi connectivity index (χ1v) is 8.33. The van der Waals surface area contributed by atoms with Crippen molar-refractivity contribution in [2.75, 3.05) is 7.05 Å². The highest BCUT2D eigenvalue weighted by Gasteiger charge is 2.16. The van der Waals surface area contributed by atoms with Crippen LogP contribution in [0.1, 0.15) is 21.6 Å². The minimum absolute atomic E-state index is 0.0518. The van der Waals surface area contributed by atoms with Gasteiger partial charge in [0.2, 0.25) is 0 Å². The average Bonchev–Trinajstić information content (AvgIpc) is 3.07. The third-order valence-corrected chi connectivity index (χ3v) is 4.52. The first-order valence-electron chi connectivity index (χ1n) is 7.45. The van der Waals surface area contributed by atoms with Gasteiger partial charge in [-0.25, -0.2) is 4.98 Å². The van der Waals surface area contributed by atoms with Crippen molar-refractivity contribution in [2.45, 2.75) is 13.5 Å². The highest BCUT2D eigenvalue weighted by Crippen LogP contribution is 2.24. The topological polar surface area (TPSA) is 33.2 Å². The van der Waals surface area contributed by atoms with Gasteiger partial charge in [-0.05, 0) is 12.5 Å². The summed E-state index contributed by atoms with van der Waals surface area (Å²) < 4.78 is 0. The minimum Gasteiger partial charge on any atom is -0.336 e. The molecule has 1 amide bonds. The van der Waals surface area contributed by atoms with Gasteiger partial charge in [0.1, 0.15) is 10.7 Å². The van der Waals surface area contributed by atoms with Gasteiger partial charge >= 0.3 is 0 Å². The van der Waals surface area contributed by atoms with E-state index < -0.39 is 0 Å². The summed E-state index contributed by atoms with van der Waals surface area (Å²) in [5, 5.41) is 2.70. The number of aromatic nitrogens is 1. The van der Waals surface area contributed by atoms with E-state index in [0.29, 0.717) is 12.2 Å². The van der Waals surface area contributed by atoms with Crippen LogP contribution in [0, 0.1) is 6.92 Å². The molecule has 3 nitrogen and oxygen atoms in total. The Morgan fingerprint density at radius 2 is 1.78 bits per heavy atom. The number of nitrogens with zero attached hydrogens (tertiary/aromatic N) is 2. The molecule has 0 aliphatic heterocycles. The summed E-state index contributed by atoms with van der Waals surface area (Å²) in [4.78, 5) is 18.7. The van der Waals surface area contributed by atoms with Crippen LogP contribution in [0.25, 0.3) is 10.6 Å². The van der Waals surface area contributed by atoms with E-state index in [1.165, 1.54) is 16.9 Å². The molecule has 4 heteroatoms. The summed E-state index contributed by atoms with van der Waals surface area (Å²) in [6, 6.07) is 18.1. The van der Waals surface area contributed by atoms with E-state index in [-0.39, 0.29) is 5.91 Å². The minimum atomic E-state index is -0.0518. The van der Waals surface area contributed by atoms with Crippen molar-refractivity contribution in [2.24, 2.45) is 0 Å². The van der Waals surface area contributed by atoms with E-state index in [1.807, 2.05) is 42.8 Å². The van der Waals surface area contributed by atoms with E-state index >= 15 is 0 Å². The third kappa shape index (κ3) is 3.66. The second-order valence-electron chi connectivity index (χ2n) is 5.55. The fraction of sp³-hybridized carbons (Fsp3) is 0.158. The van der Waals surface area contributed by atoms with Crippen molar-refractivity contribution in [3.63, 3.8) is 0 Å². The Bertz CT molecular complexity index is 794. The van der Waals surface area contributed by atoms with Gasteiger partial charge in [-0.2, -0.15) is 0 Å². The quantitative estimate of drug-likeness (QED) is 0.713. The van der Waals surface area contributed by atoms with Crippen LogP contribution in [-0.4, -0.2) is 22.8 Å². The largest absolute Gasteiger partial charge is 0.336 e. The third-order valence-electron chi connectivity index (χ3n) is 3.63. The lowest BCUT2D eigenvalue weighted by molar-refractivity contribution is 0.0780. The van der Waals surface area contributed by atoms with Crippen LogP contribution in [0.2, 0.25) is 0 Å². The zero-order chi connectivity index (χ0) is 16.2. The molecule has 0 fully saturated rings. The lowest BCUT2D eigenvalue weighted by Gasteiger charge is -2.16. The van der Waals surface area contributed by atoms with Crippen molar-refractivity contribution in [1.29, 1.82) is 0 Å². The van der Waals surface area contributed by atoms with Crippen LogP contribution in [0.5, 0.6) is 0 Å². The second kappa shape index (κ2) is 6.75. The van der Waals surface area contributed by atoms with Gasteiger partial charge in [0.05, 0.1) is 0 Å². The van der Waals surface area contributed by atoms with Gasteiger partial charge in [0, 0.05) is 24.5 Å². The molecule has 2 aromatic carbocycles. The molecule has 0 saturated carbocycles. The number of hydrogen-bond acceptors (Lipinski definition) is 3. The first kappa shape index (κ1) is 15.4. The number of carbonyl (C=O) groups is 1. The molecule has 0 radical (unpaired) electrons. The number of rotatable bonds is 4. The van der Waals surface area contributed by atoms with E-state index in [2.05, 4.69) is 36.2 Å². The molecule has 1 heterocycles. The smallest absolute Gasteiger partial charge is 0.273 e. The maximum atomic E-state index is 12.5. The number of thiazole rings is 1. The number of carbonyl (C=O) groups excluding carboxylic acids is 1. The van der Waals surface area contributed by atoms with E-state index in [1.54, 1.807) is 4.90 Å². The standard InChI is InChI=1S/C19H18N2OS/c1-14-8-10-15(11-9-14)12-21(2)19(22)17-13-23-18(20-17)16-6-4-3-5-7-16/h3-11,13H,12H2,1-2H3. The van der Waals surface area contributed by atoms with Crippen LogP contribution in [0.15, 0.2) is 60.0 Å². The Morgan fingerprint density at radius 1 is 1.09 bits per heavy atom. The molecular formula is C19H18N2OS. The molecule has 23 heavy (non-hydrogen) atoms. The number of aryl methyl sites for hydroxylation is 1. The molecule has 0 atom stereocenters. The van der Waals surface area contributed by atoms with Crippen molar-refractivity contribution in [3.05, 3.63) is 76.8 Å². The second-order valence-corrected chi connectivity index (χ2v) is 6.41. The van der Waals surface area contributed by atoms with Crippen LogP contribution < -0.4 is 0 Å². The molecule has 0 spiro atoms. The Kier molecular flexibility index (Phi) is 4.53. The van der Waals surface area contributed by atoms with Gasteiger partial charge in [0.15, 0.2) is 0 Å². The maximum Gasteiger partial charge on any atom is 0.273 e. The first-order chi connectivity index (χ1) is 11.1. The van der Waals surface area contributed by atoms with Gasteiger partial charge in [-0.3, -0.25) is 4.79 Å². The Morgan fingerprint density at radius 3 is 2.48 bits per heavy atom. The zero-order valence-corrected chi connectivity index (χ0v) is 14.0. The molecule has 0 N–H and O–H groups in total. The van der Waals surface area contributed by atoms with Crippen molar-refractivity contribution in [3.8, 4) is 10.6 Å². The van der Waals surface area contributed by atoms with Gasteiger partial charge in [0.25, 0.3) is 5.91 Å². The van der Waals surface area contributed by atoms with Crippen molar-refractivity contribution in [1.82, 2.24) is 9.88 Å². The summed E-state index contributed by atoms with van der Waals surface area (Å²) in [5.74, 6) is -0.0518. The van der Waals surface area contributed by atoms with Crippen LogP contribution in [-0.2, 0) is 6.54 Å². The van der Waals surface area contributed by atoms with E-state index in [0.717, 1.165) is 16.1 Å². The Balaban J connectivity index is 1.72. The molecule has 3 rings (SSSR count). The highest BCUT2D eigenvalue weighted by molar-refractivity contribution is 7.13. The lowest BCUT2D eigenvalue weighted by Crippen LogP contribution is -2.26. The average molecular weight is 322 g/mol. The summed E-state index contributed by atoms with van der Waals surface area (Å²) in [6.45, 7) is 2.64. The molecule has 3 aromatic rings. The molecule has 116 valence electrons. The lowest BCUT2D eigenvalue weighted by atomic mass is 10.1. The SMILES string of the molecule is Cc1ccc(CN(C)C(=O)c2csc(-c3ccccc3)n2)cc1. The highest BCUT2D eigenvalue weighted by atomic mass is 32.1. The van der Waals surface area contributed by atoms with Gasteiger partial charge in [-0.15, -0.1) is 11.3 Å². The van der Waals surface area contributed by atoms with Crippen molar-refractivity contribution < 1.29 is 4.79 Å². The summed E-state index contributed by atoms with van der Waals surface area (Å²) in [5.41, 5.74) is 3.88. The number of benzene rings is 2. The molecule has 0 bridgehead atoms. The number of hydrogen-bond donors (Lipinski definition) is 0. The fourth-order valence-corrected chi connectivity index (χ4v) is 3.12. The van der Waals surface area contributed by atoms with Crippen LogP contribution in [0.3, 0.4) is 0 Å². The maximum absolute atomic E-state index is 12.5. The Labute approximate surface area is 140 Å². The predicted molar refractivity (Wildman–Crippen MR) is 94.5 cm³/mol. The molecule has 0 saturated heterocycles. The van der Waals surface area contributed by atoms with E-state index in [4.69, 9.17) is 0 Å². The monoisotopic (exact) mass is 322 g/mol. The van der Waals surface area contributed by atoms with Gasteiger partial charge in [-0.1, -0.05) is 60.2 Å². The molecule has 0 aliphatic rings. The number of amides is 1. The van der Waals surface area contributed by atoms with Crippen LogP contribution in [0.4, 0.5) is 0 Å². The van der Waals surface area contributed by atoms with Crippen molar-refractivity contribution >= 4 is 17.2 Å². The summed E-state index contributed by atoms with van der Waals surface area (Å²) >= 11 is 1.50.